The molecule has 3 aromatic rings. The van der Waals surface area contributed by atoms with E-state index in [-0.39, 0.29) is 5.92 Å². The smallest absolute Gasteiger partial charge is 0.239 e. The molecule has 1 aliphatic rings. The largest absolute Gasteiger partial charge is 0.282 e. The van der Waals surface area contributed by atoms with Gasteiger partial charge in [-0.1, -0.05) is 48.3 Å². The molecule has 156 valence electrons. The van der Waals surface area contributed by atoms with Gasteiger partial charge in [0.1, 0.15) is 10.1 Å². The summed E-state index contributed by atoms with van der Waals surface area (Å²) in [6, 6.07) is 9.30. The predicted molar refractivity (Wildman–Crippen MR) is 128 cm³/mol. The molecule has 1 aromatic carbocycles. The fraction of sp³-hybridized carbons (Fsp3) is 0.227. The molecule has 4 nitrogen and oxygen atoms in total. The fourth-order valence-electron chi connectivity index (χ4n) is 3.69. The number of benzene rings is 1. The summed E-state index contributed by atoms with van der Waals surface area (Å²) in [5, 5.41) is 1.11. The van der Waals surface area contributed by atoms with Gasteiger partial charge in [0.2, 0.25) is 10.0 Å². The number of rotatable bonds is 4. The third-order valence-electron chi connectivity index (χ3n) is 5.11. The Morgan fingerprint density at radius 2 is 1.83 bits per heavy atom. The van der Waals surface area contributed by atoms with Gasteiger partial charge in [-0.25, -0.2) is 13.4 Å². The van der Waals surface area contributed by atoms with Gasteiger partial charge in [-0.3, -0.25) is 4.72 Å². The Balaban J connectivity index is 1.87. The van der Waals surface area contributed by atoms with Crippen molar-refractivity contribution in [2.24, 2.45) is 5.92 Å². The Kier molecular flexibility index (Phi) is 5.70. The van der Waals surface area contributed by atoms with Gasteiger partial charge in [-0.15, -0.1) is 11.3 Å². The highest BCUT2D eigenvalue weighted by Gasteiger charge is 2.31. The molecule has 1 N–H and O–H groups in total. The van der Waals surface area contributed by atoms with E-state index in [1.807, 2.05) is 51.1 Å². The Labute approximate surface area is 190 Å². The van der Waals surface area contributed by atoms with Gasteiger partial charge in [-0.05, 0) is 55.7 Å². The van der Waals surface area contributed by atoms with Crippen LogP contribution in [0, 0.1) is 19.8 Å². The Hall–Kier alpha value is -1.86. The highest BCUT2D eigenvalue weighted by molar-refractivity contribution is 7.93. The van der Waals surface area contributed by atoms with Gasteiger partial charge in [0.15, 0.2) is 0 Å². The standard InChI is InChI=1S/C22H20Cl2N2O2S2/c1-12-4-7-17(24)11-19(12)30(27,28)26-18-10-13(2)25-22-21(18)20(14(3)29-22)15-5-8-16(23)9-6-15/h4-12,19H,1-3H3,(H,25,26). The maximum absolute atomic E-state index is 13.3. The monoisotopic (exact) mass is 478 g/mol. The van der Waals surface area contributed by atoms with Crippen LogP contribution in [0.5, 0.6) is 0 Å². The van der Waals surface area contributed by atoms with Crippen molar-refractivity contribution in [3.05, 3.63) is 69.2 Å². The average molecular weight is 479 g/mol. The van der Waals surface area contributed by atoms with Crippen LogP contribution < -0.4 is 4.72 Å². The molecule has 2 unspecified atom stereocenters. The van der Waals surface area contributed by atoms with E-state index in [2.05, 4.69) is 9.71 Å². The number of pyridine rings is 1. The lowest BCUT2D eigenvalue weighted by atomic mass is 10.0. The Morgan fingerprint density at radius 3 is 2.53 bits per heavy atom. The maximum Gasteiger partial charge on any atom is 0.239 e. The van der Waals surface area contributed by atoms with E-state index >= 15 is 0 Å². The first-order valence-electron chi connectivity index (χ1n) is 9.39. The van der Waals surface area contributed by atoms with Crippen molar-refractivity contribution in [1.29, 1.82) is 0 Å². The molecular formula is C22H20Cl2N2O2S2. The number of hydrogen-bond acceptors (Lipinski definition) is 4. The zero-order valence-corrected chi connectivity index (χ0v) is 19.8. The summed E-state index contributed by atoms with van der Waals surface area (Å²) in [6.07, 6.45) is 5.13. The third-order valence-corrected chi connectivity index (χ3v) is 8.40. The molecule has 8 heteroatoms. The molecule has 0 bridgehead atoms. The number of hydrogen-bond donors (Lipinski definition) is 1. The second kappa shape index (κ2) is 8.00. The van der Waals surface area contributed by atoms with Crippen LogP contribution in [-0.4, -0.2) is 18.7 Å². The van der Waals surface area contributed by atoms with E-state index in [1.165, 1.54) is 0 Å². The van der Waals surface area contributed by atoms with E-state index in [0.29, 0.717) is 15.7 Å². The number of nitrogens with zero attached hydrogens (tertiary/aromatic N) is 1. The van der Waals surface area contributed by atoms with Gasteiger partial charge < -0.3 is 0 Å². The van der Waals surface area contributed by atoms with Crippen LogP contribution in [0.25, 0.3) is 21.3 Å². The average Bonchev–Trinajstić information content (AvgIpc) is 3.00. The molecule has 0 radical (unpaired) electrons. The van der Waals surface area contributed by atoms with Crippen molar-refractivity contribution in [2.45, 2.75) is 26.0 Å². The molecule has 0 spiro atoms. The molecule has 0 saturated heterocycles. The minimum Gasteiger partial charge on any atom is -0.282 e. The van der Waals surface area contributed by atoms with Crippen LogP contribution >= 0.6 is 34.5 Å². The number of halogens is 2. The third kappa shape index (κ3) is 4.02. The number of nitrogens with one attached hydrogen (secondary N) is 1. The number of aromatic nitrogens is 1. The first-order chi connectivity index (χ1) is 14.2. The lowest BCUT2D eigenvalue weighted by molar-refractivity contribution is 0.577. The number of sulfonamides is 1. The number of aryl methyl sites for hydroxylation is 2. The molecule has 0 aliphatic heterocycles. The summed E-state index contributed by atoms with van der Waals surface area (Å²) >= 11 is 13.7. The zero-order valence-electron chi connectivity index (χ0n) is 16.6. The van der Waals surface area contributed by atoms with Crippen LogP contribution in [-0.2, 0) is 10.0 Å². The molecule has 2 heterocycles. The van der Waals surface area contributed by atoms with Gasteiger partial charge in [-0.2, -0.15) is 0 Å². The lowest BCUT2D eigenvalue weighted by Gasteiger charge is -2.23. The van der Waals surface area contributed by atoms with Crippen molar-refractivity contribution >= 4 is 60.5 Å². The first-order valence-corrected chi connectivity index (χ1v) is 12.5. The summed E-state index contributed by atoms with van der Waals surface area (Å²) in [6.45, 7) is 5.74. The van der Waals surface area contributed by atoms with Crippen molar-refractivity contribution in [3.8, 4) is 11.1 Å². The molecule has 4 rings (SSSR count). The summed E-state index contributed by atoms with van der Waals surface area (Å²) in [7, 11) is -3.73. The van der Waals surface area contributed by atoms with E-state index in [9.17, 15) is 8.42 Å². The van der Waals surface area contributed by atoms with Crippen molar-refractivity contribution in [1.82, 2.24) is 4.98 Å². The van der Waals surface area contributed by atoms with Gasteiger partial charge in [0, 0.05) is 31.6 Å². The minimum absolute atomic E-state index is 0.191. The fourth-order valence-corrected chi connectivity index (χ4v) is 6.80. The molecule has 1 aliphatic carbocycles. The van der Waals surface area contributed by atoms with Gasteiger partial charge in [0.05, 0.1) is 5.69 Å². The predicted octanol–water partition coefficient (Wildman–Crippen LogP) is 6.67. The van der Waals surface area contributed by atoms with Crippen LogP contribution in [0.3, 0.4) is 0 Å². The van der Waals surface area contributed by atoms with Crippen LogP contribution in [0.1, 0.15) is 17.5 Å². The second-order valence-electron chi connectivity index (χ2n) is 7.41. The van der Waals surface area contributed by atoms with E-state index in [4.69, 9.17) is 23.2 Å². The number of anilines is 1. The molecule has 0 fully saturated rings. The lowest BCUT2D eigenvalue weighted by Crippen LogP contribution is -2.32. The molecule has 2 atom stereocenters. The van der Waals surface area contributed by atoms with Crippen LogP contribution in [0.15, 0.2) is 53.6 Å². The van der Waals surface area contributed by atoms with Crippen LogP contribution in [0.2, 0.25) is 5.02 Å². The van der Waals surface area contributed by atoms with E-state index in [1.54, 1.807) is 29.6 Å². The molecule has 2 aromatic heterocycles. The SMILES string of the molecule is Cc1cc(NS(=O)(=O)C2C=C(Cl)C=CC2C)c2c(-c3ccc(Cl)cc3)c(C)sc2n1. The van der Waals surface area contributed by atoms with E-state index in [0.717, 1.165) is 31.9 Å². The number of allylic oxidation sites excluding steroid dienone is 3. The van der Waals surface area contributed by atoms with Crippen LogP contribution in [0.4, 0.5) is 5.69 Å². The molecule has 30 heavy (non-hydrogen) atoms. The highest BCUT2D eigenvalue weighted by Crippen LogP contribution is 2.42. The summed E-state index contributed by atoms with van der Waals surface area (Å²) in [5.41, 5.74) is 3.19. The van der Waals surface area contributed by atoms with Gasteiger partial charge >= 0.3 is 0 Å². The topological polar surface area (TPSA) is 59.1 Å². The Morgan fingerprint density at radius 1 is 1.13 bits per heavy atom. The van der Waals surface area contributed by atoms with Crippen molar-refractivity contribution < 1.29 is 8.42 Å². The normalized spacial score (nSPS) is 19.2. The minimum atomic E-state index is -3.73. The zero-order chi connectivity index (χ0) is 21.6. The van der Waals surface area contributed by atoms with Crippen molar-refractivity contribution in [2.75, 3.05) is 4.72 Å². The first kappa shape index (κ1) is 21.4. The quantitative estimate of drug-likeness (QED) is 0.455. The summed E-state index contributed by atoms with van der Waals surface area (Å²) in [4.78, 5) is 6.49. The summed E-state index contributed by atoms with van der Waals surface area (Å²) in [5.74, 6) is -0.191. The van der Waals surface area contributed by atoms with E-state index < -0.39 is 15.3 Å². The second-order valence-corrected chi connectivity index (χ2v) is 11.3. The maximum atomic E-state index is 13.3. The Bertz CT molecular complexity index is 1290. The molecule has 0 saturated carbocycles. The number of thiophene rings is 1. The molecular weight excluding hydrogens is 459 g/mol. The molecule has 0 amide bonds. The summed E-state index contributed by atoms with van der Waals surface area (Å²) < 4.78 is 29.4. The highest BCUT2D eigenvalue weighted by atomic mass is 35.5. The van der Waals surface area contributed by atoms with Gasteiger partial charge in [0.25, 0.3) is 0 Å². The number of fused-ring (bicyclic) bond motifs is 1. The van der Waals surface area contributed by atoms with Crippen molar-refractivity contribution in [3.63, 3.8) is 0 Å².